The van der Waals surface area contributed by atoms with Crippen molar-refractivity contribution in [2.45, 2.75) is 90.1 Å². The Hall–Kier alpha value is -0.120. The normalized spacial score (nSPS) is 12.8. The summed E-state index contributed by atoms with van der Waals surface area (Å²) in [5, 5.41) is 21.5. The molecule has 0 saturated heterocycles. The molecule has 0 heterocycles. The van der Waals surface area contributed by atoms with Crippen molar-refractivity contribution in [3.63, 3.8) is 0 Å². The molecule has 1 atom stereocenters. The van der Waals surface area contributed by atoms with Crippen molar-refractivity contribution in [3.8, 4) is 0 Å². The zero-order chi connectivity index (χ0) is 14.9. The molecule has 0 rings (SSSR count). The highest BCUT2D eigenvalue weighted by Crippen LogP contribution is 2.10. The van der Waals surface area contributed by atoms with Gasteiger partial charge in [0.15, 0.2) is 0 Å². The lowest BCUT2D eigenvalue weighted by Gasteiger charge is -2.10. The van der Waals surface area contributed by atoms with Crippen molar-refractivity contribution in [1.29, 1.82) is 0 Å². The van der Waals surface area contributed by atoms with Gasteiger partial charge in [0, 0.05) is 13.2 Å². The second-order valence-electron chi connectivity index (χ2n) is 5.91. The monoisotopic (exact) mass is 287 g/mol. The van der Waals surface area contributed by atoms with Crippen molar-refractivity contribution in [2.24, 2.45) is 0 Å². The molecule has 122 valence electrons. The van der Waals surface area contributed by atoms with Gasteiger partial charge in [-0.2, -0.15) is 0 Å². The minimum Gasteiger partial charge on any atom is -0.396 e. The molecule has 0 aromatic heterocycles. The molecule has 0 fully saturated rings. The van der Waals surface area contributed by atoms with E-state index in [0.29, 0.717) is 19.4 Å². The Bertz CT molecular complexity index is 176. The fourth-order valence-corrected chi connectivity index (χ4v) is 2.44. The van der Waals surface area contributed by atoms with Crippen molar-refractivity contribution in [2.75, 3.05) is 19.7 Å². The summed E-state index contributed by atoms with van der Waals surface area (Å²) in [5.74, 6) is 0. The molecule has 0 aromatic carbocycles. The molecule has 0 bridgehead atoms. The molecule has 0 amide bonds. The number of aliphatic hydroxyl groups is 2. The summed E-state index contributed by atoms with van der Waals surface area (Å²) in [6.45, 7) is 4.11. The average Bonchev–Trinajstić information content (AvgIpc) is 2.46. The SMILES string of the molecule is CCCCCCCCCCCCNCC(O)CCCO. The van der Waals surface area contributed by atoms with E-state index in [9.17, 15) is 5.11 Å². The average molecular weight is 287 g/mol. The van der Waals surface area contributed by atoms with E-state index in [0.717, 1.165) is 6.54 Å². The number of rotatable bonds is 16. The third-order valence-corrected chi connectivity index (χ3v) is 3.78. The van der Waals surface area contributed by atoms with Crippen LogP contribution in [0.4, 0.5) is 0 Å². The molecule has 0 spiro atoms. The standard InChI is InChI=1S/C17H37NO2/c1-2-3-4-5-6-7-8-9-10-11-14-18-16-17(20)13-12-15-19/h17-20H,2-16H2,1H3. The summed E-state index contributed by atoms with van der Waals surface area (Å²) in [7, 11) is 0. The van der Waals surface area contributed by atoms with Crippen LogP contribution < -0.4 is 5.32 Å². The van der Waals surface area contributed by atoms with Crippen LogP contribution in [-0.4, -0.2) is 36.0 Å². The van der Waals surface area contributed by atoms with Crippen molar-refractivity contribution in [3.05, 3.63) is 0 Å². The maximum absolute atomic E-state index is 9.57. The first-order valence-electron chi connectivity index (χ1n) is 8.81. The van der Waals surface area contributed by atoms with Gasteiger partial charge in [-0.3, -0.25) is 0 Å². The van der Waals surface area contributed by atoms with Gasteiger partial charge in [0.25, 0.3) is 0 Å². The molecule has 3 nitrogen and oxygen atoms in total. The predicted molar refractivity (Wildman–Crippen MR) is 87.0 cm³/mol. The predicted octanol–water partition coefficient (Wildman–Crippen LogP) is 3.63. The number of aliphatic hydroxyl groups excluding tert-OH is 2. The van der Waals surface area contributed by atoms with E-state index in [1.807, 2.05) is 0 Å². The van der Waals surface area contributed by atoms with Gasteiger partial charge in [0.2, 0.25) is 0 Å². The lowest BCUT2D eigenvalue weighted by atomic mass is 10.1. The van der Waals surface area contributed by atoms with Crippen molar-refractivity contribution >= 4 is 0 Å². The highest BCUT2D eigenvalue weighted by Gasteiger charge is 2.01. The third kappa shape index (κ3) is 15.9. The highest BCUT2D eigenvalue weighted by atomic mass is 16.3. The minimum atomic E-state index is -0.301. The molecule has 0 aromatic rings. The Balaban J connectivity index is 3.02. The second-order valence-corrected chi connectivity index (χ2v) is 5.91. The van der Waals surface area contributed by atoms with Gasteiger partial charge in [0.05, 0.1) is 6.10 Å². The largest absolute Gasteiger partial charge is 0.396 e. The minimum absolute atomic E-state index is 0.176. The van der Waals surface area contributed by atoms with Gasteiger partial charge in [-0.25, -0.2) is 0 Å². The molecule has 0 aliphatic heterocycles. The van der Waals surface area contributed by atoms with E-state index in [4.69, 9.17) is 5.11 Å². The number of unbranched alkanes of at least 4 members (excludes halogenated alkanes) is 9. The van der Waals surface area contributed by atoms with Crippen LogP contribution in [-0.2, 0) is 0 Å². The van der Waals surface area contributed by atoms with Gasteiger partial charge < -0.3 is 15.5 Å². The first-order chi connectivity index (χ1) is 9.81. The van der Waals surface area contributed by atoms with Crippen LogP contribution in [0.25, 0.3) is 0 Å². The molecule has 1 unspecified atom stereocenters. The van der Waals surface area contributed by atoms with Crippen LogP contribution in [0.1, 0.15) is 84.0 Å². The van der Waals surface area contributed by atoms with Crippen LogP contribution in [0, 0.1) is 0 Å². The molecule has 0 aliphatic rings. The lowest BCUT2D eigenvalue weighted by molar-refractivity contribution is 0.147. The molecule has 20 heavy (non-hydrogen) atoms. The van der Waals surface area contributed by atoms with Crippen molar-refractivity contribution in [1.82, 2.24) is 5.32 Å². The number of hydrogen-bond acceptors (Lipinski definition) is 3. The molecule has 0 saturated carbocycles. The fraction of sp³-hybridized carbons (Fsp3) is 1.00. The van der Waals surface area contributed by atoms with Gasteiger partial charge >= 0.3 is 0 Å². The molecule has 3 N–H and O–H groups in total. The van der Waals surface area contributed by atoms with Crippen LogP contribution in [0.2, 0.25) is 0 Å². The van der Waals surface area contributed by atoms with Crippen molar-refractivity contribution < 1.29 is 10.2 Å². The van der Waals surface area contributed by atoms with Gasteiger partial charge in [-0.1, -0.05) is 64.7 Å². The molecule has 3 heteroatoms. The number of nitrogens with one attached hydrogen (secondary N) is 1. The first-order valence-corrected chi connectivity index (χ1v) is 8.81. The Morgan fingerprint density at radius 2 is 1.35 bits per heavy atom. The van der Waals surface area contributed by atoms with Crippen LogP contribution in [0.5, 0.6) is 0 Å². The van der Waals surface area contributed by atoms with E-state index < -0.39 is 0 Å². The van der Waals surface area contributed by atoms with Gasteiger partial charge in [-0.15, -0.1) is 0 Å². The van der Waals surface area contributed by atoms with Crippen LogP contribution in [0.15, 0.2) is 0 Å². The topological polar surface area (TPSA) is 52.5 Å². The second kappa shape index (κ2) is 16.9. The van der Waals surface area contributed by atoms with E-state index in [1.165, 1.54) is 64.2 Å². The summed E-state index contributed by atoms with van der Waals surface area (Å²) in [6, 6.07) is 0. The Labute approximate surface area is 126 Å². The van der Waals surface area contributed by atoms with Crippen LogP contribution >= 0.6 is 0 Å². The lowest BCUT2D eigenvalue weighted by Crippen LogP contribution is -2.27. The quantitative estimate of drug-likeness (QED) is 0.380. The fourth-order valence-electron chi connectivity index (χ4n) is 2.44. The first kappa shape index (κ1) is 19.9. The summed E-state index contributed by atoms with van der Waals surface area (Å²) < 4.78 is 0. The zero-order valence-electron chi connectivity index (χ0n) is 13.6. The van der Waals surface area contributed by atoms with Gasteiger partial charge in [-0.05, 0) is 25.8 Å². The van der Waals surface area contributed by atoms with Gasteiger partial charge in [0.1, 0.15) is 0 Å². The molecular weight excluding hydrogens is 250 g/mol. The maximum Gasteiger partial charge on any atom is 0.0665 e. The summed E-state index contributed by atoms with van der Waals surface area (Å²) in [6.07, 6.45) is 14.7. The molecular formula is C17H37NO2. The van der Waals surface area contributed by atoms with E-state index in [1.54, 1.807) is 0 Å². The van der Waals surface area contributed by atoms with E-state index in [-0.39, 0.29) is 12.7 Å². The summed E-state index contributed by atoms with van der Waals surface area (Å²) >= 11 is 0. The number of hydrogen-bond donors (Lipinski definition) is 3. The zero-order valence-corrected chi connectivity index (χ0v) is 13.6. The molecule has 0 radical (unpaired) electrons. The Morgan fingerprint density at radius 3 is 1.90 bits per heavy atom. The van der Waals surface area contributed by atoms with Crippen LogP contribution in [0.3, 0.4) is 0 Å². The van der Waals surface area contributed by atoms with E-state index >= 15 is 0 Å². The Kier molecular flexibility index (Phi) is 16.8. The maximum atomic E-state index is 9.57. The van der Waals surface area contributed by atoms with E-state index in [2.05, 4.69) is 12.2 Å². The summed E-state index contributed by atoms with van der Waals surface area (Å²) in [4.78, 5) is 0. The molecule has 0 aliphatic carbocycles. The smallest absolute Gasteiger partial charge is 0.0665 e. The Morgan fingerprint density at radius 1 is 0.800 bits per heavy atom. The third-order valence-electron chi connectivity index (χ3n) is 3.78. The summed E-state index contributed by atoms with van der Waals surface area (Å²) in [5.41, 5.74) is 0. The highest BCUT2D eigenvalue weighted by molar-refractivity contribution is 4.59.